The number of aromatic nitrogens is 12. The van der Waals surface area contributed by atoms with Crippen molar-refractivity contribution in [3.05, 3.63) is 473 Å². The molecule has 0 saturated carbocycles. The maximum atomic E-state index is 5.27. The molecule has 30 aromatic rings. The third kappa shape index (κ3) is 14.5. The summed E-state index contributed by atoms with van der Waals surface area (Å²) >= 11 is 5.40. The van der Waals surface area contributed by atoms with Gasteiger partial charge in [-0.1, -0.05) is 334 Å². The van der Waals surface area contributed by atoms with Gasteiger partial charge in [-0.3, -0.25) is 0 Å². The van der Waals surface area contributed by atoms with Gasteiger partial charge < -0.3 is 13.7 Å². The van der Waals surface area contributed by atoms with Crippen LogP contribution in [0.1, 0.15) is 0 Å². The lowest BCUT2D eigenvalue weighted by atomic mass is 10.1. The third-order valence-corrected chi connectivity index (χ3v) is 31.2. The molecule has 0 saturated heterocycles. The molecule has 9 aromatic heterocycles. The number of thiophene rings is 3. The van der Waals surface area contributed by atoms with Crippen molar-refractivity contribution in [2.75, 3.05) is 0 Å². The predicted octanol–water partition coefficient (Wildman–Crippen LogP) is 34.5. The van der Waals surface area contributed by atoms with E-state index < -0.39 is 0 Å². The number of rotatable bonds is 12. The molecule has 30 rings (SSSR count). The normalized spacial score (nSPS) is 11.8. The van der Waals surface area contributed by atoms with Crippen LogP contribution in [0.2, 0.25) is 0 Å². The summed E-state index contributed by atoms with van der Waals surface area (Å²) in [6, 6.07) is 167. The van der Waals surface area contributed by atoms with E-state index in [0.29, 0.717) is 52.4 Å². The summed E-state index contributed by atoms with van der Waals surface area (Å²) in [5.41, 5.74) is 18.6. The van der Waals surface area contributed by atoms with Gasteiger partial charge in [-0.15, -0.1) is 34.0 Å². The van der Waals surface area contributed by atoms with E-state index in [0.717, 1.165) is 100 Å². The van der Waals surface area contributed by atoms with Crippen LogP contribution in [0.5, 0.6) is 0 Å². The van der Waals surface area contributed by atoms with Gasteiger partial charge in [0.25, 0.3) is 0 Å². The first-order valence-electron chi connectivity index (χ1n) is 48.1. The zero-order valence-electron chi connectivity index (χ0n) is 77.1. The molecule has 0 aliphatic carbocycles. The van der Waals surface area contributed by atoms with E-state index >= 15 is 0 Å². The van der Waals surface area contributed by atoms with E-state index in [-0.39, 0.29) is 0 Å². The number of hydrogen-bond acceptors (Lipinski definition) is 12. The summed E-state index contributed by atoms with van der Waals surface area (Å²) in [5.74, 6) is 5.83. The van der Waals surface area contributed by atoms with Crippen LogP contribution < -0.4 is 0 Å². The SMILES string of the molecule is c1ccc(-c2nc(-c3ccc4c(c3)sc3ccccc34)nc(-c3ccccc3-n3c4ccccc4c4cc5ccccc5cc43)n2)cc1.c1ccc(-c2nc(-c3ccc4sc5ccccc5c4c3)nc(-c3ccccc3-n3c4ccccc4c4cc5ccccc5cc43)n2)cc1.c1ccc(-c2nc(-c3ccccc3-n3c4ccccc4c4cc5ccccc5cc43)nc(-c3cccc4c3sc3ccccc34)n2)cc1. The monoisotopic (exact) mass is 1890 g/mol. The fourth-order valence-corrected chi connectivity index (χ4v) is 24.4. The Hall–Kier alpha value is -18.5. The Bertz CT molecular complexity index is 10400. The fraction of sp³-hybridized carbons (Fsp3) is 0. The quantitative estimate of drug-likeness (QED) is 0.117. The van der Waals surface area contributed by atoms with E-state index in [9.17, 15) is 0 Å². The Morgan fingerprint density at radius 3 is 0.833 bits per heavy atom. The minimum absolute atomic E-state index is 0.636. The molecule has 12 nitrogen and oxygen atoms in total. The van der Waals surface area contributed by atoms with Crippen LogP contribution in [-0.2, 0) is 0 Å². The van der Waals surface area contributed by atoms with Crippen LogP contribution in [0.3, 0.4) is 0 Å². The number of fused-ring (bicyclic) bond motifs is 21. The van der Waals surface area contributed by atoms with Gasteiger partial charge in [0.05, 0.1) is 50.2 Å². The molecule has 15 heteroatoms. The highest BCUT2D eigenvalue weighted by Gasteiger charge is 2.27. The molecule has 0 spiro atoms. The van der Waals surface area contributed by atoms with Gasteiger partial charge in [0.1, 0.15) is 0 Å². The summed E-state index contributed by atoms with van der Waals surface area (Å²) in [6.45, 7) is 0. The van der Waals surface area contributed by atoms with Gasteiger partial charge in [-0.25, -0.2) is 44.9 Å². The topological polar surface area (TPSA) is 131 Å². The van der Waals surface area contributed by atoms with E-state index in [1.54, 1.807) is 22.7 Å². The summed E-state index contributed by atoms with van der Waals surface area (Å²) in [7, 11) is 0. The highest BCUT2D eigenvalue weighted by Crippen LogP contribution is 2.47. The van der Waals surface area contributed by atoms with Gasteiger partial charge in [0, 0.05) is 143 Å². The van der Waals surface area contributed by atoms with Crippen molar-refractivity contribution < 1.29 is 0 Å². The Morgan fingerprint density at radius 1 is 0.139 bits per heavy atom. The molecule has 0 radical (unpaired) electrons. The molecular weight excluding hydrogens is 1810 g/mol. The maximum Gasteiger partial charge on any atom is 0.166 e. The number of nitrogens with zero attached hydrogens (tertiary/aromatic N) is 12. The standard InChI is InChI=1S/3C43H26N4S/c1-2-13-27(14-3-1)41-44-42(46-43(45-41)34-21-12-20-32-31-18-8-11-24-39(31)48-40(32)34)33-19-7-10-23-37(33)47-36-22-9-6-17-30(36)35-25-28-15-4-5-16-29(28)26-38(35)47;1-2-12-27(13-3-1)41-44-42(30-22-23-40-35(25-30)32-17-8-11-21-39(32)48-40)46-43(45-41)33-18-7-10-20-37(33)47-36-19-9-6-16-31(36)34-24-28-14-4-5-15-29(28)26-38(34)47;1-2-12-27(13-3-1)41-44-42(30-22-23-33-32-17-8-11-21-39(32)48-40(33)26-30)46-43(45-41)34-18-7-10-20-37(34)47-36-19-9-6-16-31(36)35-24-28-14-4-5-15-29(28)25-38(35)47/h3*1-26H. The van der Waals surface area contributed by atoms with Crippen molar-refractivity contribution in [3.63, 3.8) is 0 Å². The fourth-order valence-electron chi connectivity index (χ4n) is 21.0. The van der Waals surface area contributed by atoms with Crippen LogP contribution in [0.4, 0.5) is 0 Å². The number of para-hydroxylation sites is 6. The average Bonchev–Trinajstić information content (AvgIpc) is 1.58. The van der Waals surface area contributed by atoms with Crippen molar-refractivity contribution >= 4 is 192 Å². The molecule has 21 aromatic carbocycles. The molecule has 0 bridgehead atoms. The first-order chi connectivity index (χ1) is 71.4. The van der Waals surface area contributed by atoms with Crippen LogP contribution >= 0.6 is 34.0 Å². The molecule has 672 valence electrons. The highest BCUT2D eigenvalue weighted by molar-refractivity contribution is 7.27. The van der Waals surface area contributed by atoms with Crippen molar-refractivity contribution in [1.29, 1.82) is 0 Å². The molecule has 0 N–H and O–H groups in total. The van der Waals surface area contributed by atoms with E-state index in [1.807, 2.05) is 65.9 Å². The molecule has 0 amide bonds. The van der Waals surface area contributed by atoms with Gasteiger partial charge in [-0.05, 0) is 172 Å². The molecule has 0 aliphatic heterocycles. The van der Waals surface area contributed by atoms with Crippen LogP contribution in [0.25, 0.3) is 278 Å². The van der Waals surface area contributed by atoms with Gasteiger partial charge >= 0.3 is 0 Å². The zero-order valence-corrected chi connectivity index (χ0v) is 79.6. The van der Waals surface area contributed by atoms with Crippen molar-refractivity contribution in [2.45, 2.75) is 0 Å². The van der Waals surface area contributed by atoms with Crippen LogP contribution in [-0.4, -0.2) is 58.6 Å². The molecule has 0 unspecified atom stereocenters. The first kappa shape index (κ1) is 83.6. The van der Waals surface area contributed by atoms with E-state index in [1.165, 1.54) is 125 Å². The van der Waals surface area contributed by atoms with Gasteiger partial charge in [0.2, 0.25) is 0 Å². The zero-order chi connectivity index (χ0) is 94.8. The molecule has 144 heavy (non-hydrogen) atoms. The Balaban J connectivity index is 0.000000105. The molecule has 9 heterocycles. The molecule has 0 fully saturated rings. The van der Waals surface area contributed by atoms with Crippen LogP contribution in [0, 0.1) is 0 Å². The summed E-state index contributed by atoms with van der Waals surface area (Å²) in [6.07, 6.45) is 0. The second-order valence-electron chi connectivity index (χ2n) is 36.2. The van der Waals surface area contributed by atoms with Crippen molar-refractivity contribution in [1.82, 2.24) is 58.6 Å². The lowest BCUT2D eigenvalue weighted by Crippen LogP contribution is -2.03. The van der Waals surface area contributed by atoms with Crippen molar-refractivity contribution in [3.8, 4) is 120 Å². The Labute approximate surface area is 837 Å². The molecule has 0 atom stereocenters. The molecular formula is C129H78N12S3. The second kappa shape index (κ2) is 34.8. The minimum atomic E-state index is 0.636. The Kier molecular flexibility index (Phi) is 20.2. The van der Waals surface area contributed by atoms with Crippen molar-refractivity contribution in [2.24, 2.45) is 0 Å². The molecule has 0 aliphatic rings. The third-order valence-electron chi connectivity index (χ3n) is 27.7. The van der Waals surface area contributed by atoms with E-state index in [4.69, 9.17) is 44.9 Å². The predicted molar refractivity (Wildman–Crippen MR) is 603 cm³/mol. The van der Waals surface area contributed by atoms with Gasteiger partial charge in [0.15, 0.2) is 52.4 Å². The minimum Gasteiger partial charge on any atom is -0.308 e. The maximum absolute atomic E-state index is 5.27. The Morgan fingerprint density at radius 2 is 0.410 bits per heavy atom. The average molecular weight is 1890 g/mol. The summed E-state index contributed by atoms with van der Waals surface area (Å²) in [4.78, 5) is 46.4. The van der Waals surface area contributed by atoms with Gasteiger partial charge in [-0.2, -0.15) is 0 Å². The number of benzene rings is 21. The van der Waals surface area contributed by atoms with E-state index in [2.05, 4.69) is 432 Å². The first-order valence-corrected chi connectivity index (χ1v) is 50.6. The smallest absolute Gasteiger partial charge is 0.166 e. The lowest BCUT2D eigenvalue weighted by molar-refractivity contribution is 1.06. The lowest BCUT2D eigenvalue weighted by Gasteiger charge is -2.15. The number of hydrogen-bond donors (Lipinski definition) is 0. The highest BCUT2D eigenvalue weighted by atomic mass is 32.1. The second-order valence-corrected chi connectivity index (χ2v) is 39.4. The largest absolute Gasteiger partial charge is 0.308 e. The summed E-state index contributed by atoms with van der Waals surface area (Å²) < 4.78 is 14.5. The van der Waals surface area contributed by atoms with Crippen LogP contribution in [0.15, 0.2) is 473 Å². The summed E-state index contributed by atoms with van der Waals surface area (Å²) in [5, 5.41) is 22.1.